The van der Waals surface area contributed by atoms with E-state index in [1.54, 1.807) is 24.3 Å². The van der Waals surface area contributed by atoms with Crippen LogP contribution in [0, 0.1) is 11.8 Å². The predicted molar refractivity (Wildman–Crippen MR) is 70.4 cm³/mol. The van der Waals surface area contributed by atoms with E-state index < -0.39 is 0 Å². The minimum atomic E-state index is -0.147. The van der Waals surface area contributed by atoms with E-state index in [2.05, 4.69) is 20.8 Å². The van der Waals surface area contributed by atoms with Gasteiger partial charge in [-0.05, 0) is 30.4 Å². The standard InChI is InChI=1S/C15H19NO2/c1-10(2)8-11(3)9-16-14(17)12-6-4-5-7-13(12)15(16)18/h4-7,10-11H,8-9H2,1-3H3/t11-/m1/s1. The van der Waals surface area contributed by atoms with E-state index in [-0.39, 0.29) is 11.8 Å². The number of rotatable bonds is 4. The first kappa shape index (κ1) is 12.8. The quantitative estimate of drug-likeness (QED) is 0.765. The number of hydrogen-bond donors (Lipinski definition) is 0. The molecule has 1 aliphatic heterocycles. The van der Waals surface area contributed by atoms with Crippen molar-refractivity contribution in [2.24, 2.45) is 11.8 Å². The Hall–Kier alpha value is -1.64. The number of fused-ring (bicyclic) bond motifs is 1. The van der Waals surface area contributed by atoms with E-state index in [0.717, 1.165) is 6.42 Å². The van der Waals surface area contributed by atoms with E-state index in [0.29, 0.717) is 29.5 Å². The molecule has 0 aliphatic carbocycles. The van der Waals surface area contributed by atoms with Crippen LogP contribution in [0.4, 0.5) is 0 Å². The fourth-order valence-corrected chi connectivity index (χ4v) is 2.60. The van der Waals surface area contributed by atoms with Crippen LogP contribution in [0.5, 0.6) is 0 Å². The Bertz CT molecular complexity index is 444. The summed E-state index contributed by atoms with van der Waals surface area (Å²) < 4.78 is 0. The van der Waals surface area contributed by atoms with Gasteiger partial charge in [0.1, 0.15) is 0 Å². The topological polar surface area (TPSA) is 37.4 Å². The zero-order chi connectivity index (χ0) is 13.3. The van der Waals surface area contributed by atoms with Gasteiger partial charge in [0, 0.05) is 6.54 Å². The molecule has 2 amide bonds. The fourth-order valence-electron chi connectivity index (χ4n) is 2.60. The molecule has 0 spiro atoms. The van der Waals surface area contributed by atoms with Crippen LogP contribution in [-0.2, 0) is 0 Å². The lowest BCUT2D eigenvalue weighted by Gasteiger charge is -2.20. The van der Waals surface area contributed by atoms with Crippen LogP contribution in [0.2, 0.25) is 0 Å². The summed E-state index contributed by atoms with van der Waals surface area (Å²) in [6.07, 6.45) is 1.02. The highest BCUT2D eigenvalue weighted by atomic mass is 16.2. The lowest BCUT2D eigenvalue weighted by molar-refractivity contribution is 0.0627. The van der Waals surface area contributed by atoms with E-state index in [9.17, 15) is 9.59 Å². The van der Waals surface area contributed by atoms with Crippen LogP contribution in [0.15, 0.2) is 24.3 Å². The molecular formula is C15H19NO2. The summed E-state index contributed by atoms with van der Waals surface area (Å²) in [4.78, 5) is 25.7. The van der Waals surface area contributed by atoms with Gasteiger partial charge in [-0.15, -0.1) is 0 Å². The first-order valence-electron chi connectivity index (χ1n) is 6.46. The van der Waals surface area contributed by atoms with Crippen molar-refractivity contribution in [2.45, 2.75) is 27.2 Å². The van der Waals surface area contributed by atoms with E-state index in [1.807, 2.05) is 0 Å². The van der Waals surface area contributed by atoms with Gasteiger partial charge in [-0.3, -0.25) is 14.5 Å². The molecule has 0 radical (unpaired) electrons. The van der Waals surface area contributed by atoms with Crippen molar-refractivity contribution in [1.82, 2.24) is 4.90 Å². The second kappa shape index (κ2) is 4.92. The molecule has 2 rings (SSSR count). The summed E-state index contributed by atoms with van der Waals surface area (Å²) in [6, 6.07) is 7.04. The normalized spacial score (nSPS) is 16.3. The summed E-state index contributed by atoms with van der Waals surface area (Å²) in [5.41, 5.74) is 1.08. The highest BCUT2D eigenvalue weighted by Gasteiger charge is 2.35. The van der Waals surface area contributed by atoms with Crippen LogP contribution in [-0.4, -0.2) is 23.3 Å². The van der Waals surface area contributed by atoms with Crippen molar-refractivity contribution in [3.05, 3.63) is 35.4 Å². The maximum Gasteiger partial charge on any atom is 0.261 e. The molecule has 18 heavy (non-hydrogen) atoms. The molecule has 1 atom stereocenters. The summed E-state index contributed by atoms with van der Waals surface area (Å²) >= 11 is 0. The lowest BCUT2D eigenvalue weighted by Crippen LogP contribution is -2.34. The van der Waals surface area contributed by atoms with Gasteiger partial charge in [0.25, 0.3) is 11.8 Å². The van der Waals surface area contributed by atoms with Crippen LogP contribution >= 0.6 is 0 Å². The van der Waals surface area contributed by atoms with Crippen LogP contribution in [0.3, 0.4) is 0 Å². The number of imide groups is 1. The van der Waals surface area contributed by atoms with Gasteiger partial charge in [0.15, 0.2) is 0 Å². The summed E-state index contributed by atoms with van der Waals surface area (Å²) in [5.74, 6) is 0.625. The SMILES string of the molecule is CC(C)C[C@@H](C)CN1C(=O)c2ccccc2C1=O. The van der Waals surface area contributed by atoms with Gasteiger partial charge in [0.05, 0.1) is 11.1 Å². The van der Waals surface area contributed by atoms with Gasteiger partial charge >= 0.3 is 0 Å². The first-order chi connectivity index (χ1) is 8.50. The molecule has 0 aromatic heterocycles. The Balaban J connectivity index is 2.14. The second-order valence-electron chi connectivity index (χ2n) is 5.50. The van der Waals surface area contributed by atoms with Gasteiger partial charge in [-0.1, -0.05) is 32.9 Å². The molecular weight excluding hydrogens is 226 g/mol. The highest BCUT2D eigenvalue weighted by molar-refractivity contribution is 6.21. The summed E-state index contributed by atoms with van der Waals surface area (Å²) in [6.45, 7) is 6.91. The zero-order valence-electron chi connectivity index (χ0n) is 11.1. The molecule has 1 aromatic rings. The fraction of sp³-hybridized carbons (Fsp3) is 0.467. The Kier molecular flexibility index (Phi) is 3.50. The van der Waals surface area contributed by atoms with Crippen molar-refractivity contribution in [3.63, 3.8) is 0 Å². The molecule has 3 heteroatoms. The second-order valence-corrected chi connectivity index (χ2v) is 5.50. The highest BCUT2D eigenvalue weighted by Crippen LogP contribution is 2.24. The maximum atomic E-state index is 12.1. The summed E-state index contributed by atoms with van der Waals surface area (Å²) in [5, 5.41) is 0. The van der Waals surface area contributed by atoms with Crippen molar-refractivity contribution in [1.29, 1.82) is 0 Å². The Morgan fingerprint density at radius 2 is 1.50 bits per heavy atom. The molecule has 0 unspecified atom stereocenters. The molecule has 0 N–H and O–H groups in total. The Morgan fingerprint density at radius 1 is 1.00 bits per heavy atom. The van der Waals surface area contributed by atoms with Crippen LogP contribution in [0.1, 0.15) is 47.9 Å². The maximum absolute atomic E-state index is 12.1. The molecule has 1 aromatic carbocycles. The first-order valence-corrected chi connectivity index (χ1v) is 6.46. The van der Waals surface area contributed by atoms with E-state index >= 15 is 0 Å². The summed E-state index contributed by atoms with van der Waals surface area (Å²) in [7, 11) is 0. The van der Waals surface area contributed by atoms with Crippen LogP contribution < -0.4 is 0 Å². The number of amides is 2. The number of hydrogen-bond acceptors (Lipinski definition) is 2. The van der Waals surface area contributed by atoms with Gasteiger partial charge in [0.2, 0.25) is 0 Å². The molecule has 0 fully saturated rings. The van der Waals surface area contributed by atoms with Crippen LogP contribution in [0.25, 0.3) is 0 Å². The van der Waals surface area contributed by atoms with Gasteiger partial charge in [-0.25, -0.2) is 0 Å². The third-order valence-corrected chi connectivity index (χ3v) is 3.25. The average Bonchev–Trinajstić information content (AvgIpc) is 2.54. The van der Waals surface area contributed by atoms with Crippen molar-refractivity contribution in [3.8, 4) is 0 Å². The van der Waals surface area contributed by atoms with E-state index in [4.69, 9.17) is 0 Å². The van der Waals surface area contributed by atoms with Crippen molar-refractivity contribution >= 4 is 11.8 Å². The Labute approximate surface area is 108 Å². The van der Waals surface area contributed by atoms with Crippen molar-refractivity contribution in [2.75, 3.05) is 6.54 Å². The lowest BCUT2D eigenvalue weighted by atomic mass is 9.98. The minimum Gasteiger partial charge on any atom is -0.274 e. The van der Waals surface area contributed by atoms with Gasteiger partial charge < -0.3 is 0 Å². The smallest absolute Gasteiger partial charge is 0.261 e. The van der Waals surface area contributed by atoms with Gasteiger partial charge in [-0.2, -0.15) is 0 Å². The molecule has 1 heterocycles. The molecule has 1 aliphatic rings. The number of nitrogens with zero attached hydrogens (tertiary/aromatic N) is 1. The molecule has 0 saturated carbocycles. The minimum absolute atomic E-state index is 0.147. The number of carbonyl (C=O) groups is 2. The van der Waals surface area contributed by atoms with E-state index in [1.165, 1.54) is 4.90 Å². The molecule has 0 saturated heterocycles. The number of benzene rings is 1. The zero-order valence-corrected chi connectivity index (χ0v) is 11.1. The monoisotopic (exact) mass is 245 g/mol. The largest absolute Gasteiger partial charge is 0.274 e. The molecule has 0 bridgehead atoms. The predicted octanol–water partition coefficient (Wildman–Crippen LogP) is 2.96. The Morgan fingerprint density at radius 3 is 1.94 bits per heavy atom. The third kappa shape index (κ3) is 2.30. The molecule has 96 valence electrons. The molecule has 3 nitrogen and oxygen atoms in total. The van der Waals surface area contributed by atoms with Crippen molar-refractivity contribution < 1.29 is 9.59 Å². The third-order valence-electron chi connectivity index (χ3n) is 3.25. The number of carbonyl (C=O) groups excluding carboxylic acids is 2. The average molecular weight is 245 g/mol.